The Labute approximate surface area is 98.4 Å². The molecule has 0 fully saturated rings. The van der Waals surface area contributed by atoms with E-state index in [4.69, 9.17) is 4.42 Å². The lowest BCUT2D eigenvalue weighted by Gasteiger charge is -2.09. The summed E-state index contributed by atoms with van der Waals surface area (Å²) >= 11 is 0. The molecule has 17 heavy (non-hydrogen) atoms. The van der Waals surface area contributed by atoms with Gasteiger partial charge in [0.25, 0.3) is 0 Å². The van der Waals surface area contributed by atoms with Crippen LogP contribution in [0.5, 0.6) is 0 Å². The lowest BCUT2D eigenvalue weighted by atomic mass is 10.0. The summed E-state index contributed by atoms with van der Waals surface area (Å²) < 4.78 is 5.52. The number of aromatic nitrogens is 1. The van der Waals surface area contributed by atoms with Crippen LogP contribution in [0.4, 0.5) is 0 Å². The fourth-order valence-corrected chi connectivity index (χ4v) is 2.33. The SMILES string of the molecule is Cc1nc2cc3c(cc2o1)CCN(N=O)CC3. The number of aryl methyl sites for hydroxylation is 1. The fourth-order valence-electron chi connectivity index (χ4n) is 2.33. The Morgan fingerprint density at radius 2 is 2.00 bits per heavy atom. The number of rotatable bonds is 1. The minimum Gasteiger partial charge on any atom is -0.441 e. The van der Waals surface area contributed by atoms with Crippen LogP contribution in [-0.2, 0) is 12.8 Å². The molecule has 2 aromatic rings. The van der Waals surface area contributed by atoms with Gasteiger partial charge in [-0.05, 0) is 36.1 Å². The van der Waals surface area contributed by atoms with Gasteiger partial charge in [0.15, 0.2) is 11.5 Å². The van der Waals surface area contributed by atoms with Gasteiger partial charge in [0, 0.05) is 20.0 Å². The molecule has 0 aliphatic carbocycles. The molecule has 5 heteroatoms. The van der Waals surface area contributed by atoms with E-state index < -0.39 is 0 Å². The third-order valence-corrected chi connectivity index (χ3v) is 3.21. The Morgan fingerprint density at radius 3 is 2.71 bits per heavy atom. The lowest BCUT2D eigenvalue weighted by molar-refractivity contribution is 0.299. The first-order valence-corrected chi connectivity index (χ1v) is 5.73. The maximum Gasteiger partial charge on any atom is 0.192 e. The molecular weight excluding hydrogens is 218 g/mol. The van der Waals surface area contributed by atoms with E-state index in [1.165, 1.54) is 11.1 Å². The predicted molar refractivity (Wildman–Crippen MR) is 63.5 cm³/mol. The third-order valence-electron chi connectivity index (χ3n) is 3.21. The van der Waals surface area contributed by atoms with Crippen molar-refractivity contribution in [1.82, 2.24) is 9.99 Å². The largest absolute Gasteiger partial charge is 0.441 e. The van der Waals surface area contributed by atoms with Gasteiger partial charge in [-0.25, -0.2) is 4.98 Å². The van der Waals surface area contributed by atoms with Crippen molar-refractivity contribution in [3.05, 3.63) is 34.1 Å². The first kappa shape index (κ1) is 10.3. The second-order valence-corrected chi connectivity index (χ2v) is 4.36. The van der Waals surface area contributed by atoms with Crippen LogP contribution >= 0.6 is 0 Å². The van der Waals surface area contributed by atoms with Gasteiger partial charge in [-0.1, -0.05) is 0 Å². The van der Waals surface area contributed by atoms with Crippen molar-refractivity contribution in [2.75, 3.05) is 13.1 Å². The maximum atomic E-state index is 10.5. The molecule has 0 spiro atoms. The Bertz CT molecular complexity index is 531. The van der Waals surface area contributed by atoms with E-state index in [0.29, 0.717) is 19.0 Å². The van der Waals surface area contributed by atoms with Gasteiger partial charge in [-0.3, -0.25) is 5.01 Å². The zero-order chi connectivity index (χ0) is 11.8. The first-order chi connectivity index (χ1) is 8.26. The summed E-state index contributed by atoms with van der Waals surface area (Å²) in [6.07, 6.45) is 1.67. The van der Waals surface area contributed by atoms with Crippen molar-refractivity contribution in [3.8, 4) is 0 Å². The summed E-state index contributed by atoms with van der Waals surface area (Å²) in [7, 11) is 0. The maximum absolute atomic E-state index is 10.5. The van der Waals surface area contributed by atoms with Crippen molar-refractivity contribution in [2.45, 2.75) is 19.8 Å². The van der Waals surface area contributed by atoms with Crippen LogP contribution in [0.25, 0.3) is 11.1 Å². The summed E-state index contributed by atoms with van der Waals surface area (Å²) in [5.74, 6) is 0.691. The molecule has 1 aliphatic heterocycles. The van der Waals surface area contributed by atoms with Crippen LogP contribution in [0.2, 0.25) is 0 Å². The summed E-state index contributed by atoms with van der Waals surface area (Å²) in [6.45, 7) is 3.21. The highest BCUT2D eigenvalue weighted by molar-refractivity contribution is 5.75. The molecular formula is C12H13N3O2. The van der Waals surface area contributed by atoms with Gasteiger partial charge in [-0.15, -0.1) is 4.91 Å². The Kier molecular flexibility index (Phi) is 2.31. The molecule has 0 N–H and O–H groups in total. The number of hydrogen-bond donors (Lipinski definition) is 0. The van der Waals surface area contributed by atoms with Crippen molar-refractivity contribution >= 4 is 11.1 Å². The molecule has 0 saturated carbocycles. The van der Waals surface area contributed by atoms with E-state index >= 15 is 0 Å². The number of nitroso groups, excluding NO2 is 1. The van der Waals surface area contributed by atoms with Gasteiger partial charge in [0.05, 0.1) is 5.29 Å². The molecule has 0 amide bonds. The average molecular weight is 231 g/mol. The van der Waals surface area contributed by atoms with Gasteiger partial charge in [0.2, 0.25) is 0 Å². The van der Waals surface area contributed by atoms with Gasteiger partial charge < -0.3 is 4.42 Å². The molecule has 5 nitrogen and oxygen atoms in total. The first-order valence-electron chi connectivity index (χ1n) is 5.73. The molecule has 0 radical (unpaired) electrons. The Hall–Kier alpha value is -1.91. The van der Waals surface area contributed by atoms with Gasteiger partial charge >= 0.3 is 0 Å². The van der Waals surface area contributed by atoms with Crippen LogP contribution in [0, 0.1) is 11.8 Å². The molecule has 0 unspecified atom stereocenters. The second-order valence-electron chi connectivity index (χ2n) is 4.36. The summed E-state index contributed by atoms with van der Waals surface area (Å²) in [5.41, 5.74) is 4.21. The zero-order valence-electron chi connectivity index (χ0n) is 9.64. The average Bonchev–Trinajstić information content (AvgIpc) is 2.55. The van der Waals surface area contributed by atoms with E-state index in [1.807, 2.05) is 13.0 Å². The minimum atomic E-state index is 0.676. The van der Waals surface area contributed by atoms with Gasteiger partial charge in [-0.2, -0.15) is 0 Å². The molecule has 1 aromatic carbocycles. The van der Waals surface area contributed by atoms with Gasteiger partial charge in [0.1, 0.15) is 5.52 Å². The molecule has 0 atom stereocenters. The quantitative estimate of drug-likeness (QED) is 0.706. The summed E-state index contributed by atoms with van der Waals surface area (Å²) in [5, 5.41) is 4.58. The van der Waals surface area contributed by atoms with Crippen molar-refractivity contribution < 1.29 is 4.42 Å². The van der Waals surface area contributed by atoms with Crippen LogP contribution in [-0.4, -0.2) is 23.1 Å². The van der Waals surface area contributed by atoms with Crippen LogP contribution < -0.4 is 0 Å². The monoisotopic (exact) mass is 231 g/mol. The smallest absolute Gasteiger partial charge is 0.192 e. The van der Waals surface area contributed by atoms with Crippen molar-refractivity contribution in [3.63, 3.8) is 0 Å². The van der Waals surface area contributed by atoms with Crippen LogP contribution in [0.3, 0.4) is 0 Å². The standard InChI is InChI=1S/C12H13N3O2/c1-8-13-11-6-9-2-4-15(14-16)5-3-10(9)7-12(11)17-8/h6-7H,2-5H2,1H3. The van der Waals surface area contributed by atoms with E-state index in [1.54, 1.807) is 5.01 Å². The number of fused-ring (bicyclic) bond motifs is 2. The van der Waals surface area contributed by atoms with Crippen molar-refractivity contribution in [1.29, 1.82) is 0 Å². The summed E-state index contributed by atoms with van der Waals surface area (Å²) in [4.78, 5) is 14.9. The molecule has 1 aliphatic rings. The highest BCUT2D eigenvalue weighted by atomic mass is 16.3. The van der Waals surface area contributed by atoms with E-state index in [-0.39, 0.29) is 0 Å². The topological polar surface area (TPSA) is 58.7 Å². The number of hydrogen-bond acceptors (Lipinski definition) is 4. The van der Waals surface area contributed by atoms with E-state index in [9.17, 15) is 4.91 Å². The Balaban J connectivity index is 2.04. The zero-order valence-corrected chi connectivity index (χ0v) is 9.64. The number of nitrogens with zero attached hydrogens (tertiary/aromatic N) is 3. The molecule has 88 valence electrons. The second kappa shape index (κ2) is 3.84. The molecule has 1 aromatic heterocycles. The molecule has 0 saturated heterocycles. The van der Waals surface area contributed by atoms with E-state index in [0.717, 1.165) is 23.9 Å². The van der Waals surface area contributed by atoms with Crippen LogP contribution in [0.1, 0.15) is 17.0 Å². The molecule has 2 heterocycles. The molecule has 0 bridgehead atoms. The fraction of sp³-hybridized carbons (Fsp3) is 0.417. The third kappa shape index (κ3) is 1.77. The minimum absolute atomic E-state index is 0.676. The van der Waals surface area contributed by atoms with Crippen LogP contribution in [0.15, 0.2) is 21.8 Å². The lowest BCUT2D eigenvalue weighted by Crippen LogP contribution is -2.19. The number of oxazole rings is 1. The molecule has 3 rings (SSSR count). The highest BCUT2D eigenvalue weighted by Gasteiger charge is 2.15. The Morgan fingerprint density at radius 1 is 1.29 bits per heavy atom. The summed E-state index contributed by atoms with van der Waals surface area (Å²) in [6, 6.07) is 4.11. The predicted octanol–water partition coefficient (Wildman–Crippen LogP) is 2.22. The number of benzene rings is 1. The normalized spacial score (nSPS) is 15.7. The van der Waals surface area contributed by atoms with E-state index in [2.05, 4.69) is 16.3 Å². The van der Waals surface area contributed by atoms with Crippen molar-refractivity contribution in [2.24, 2.45) is 5.29 Å². The highest BCUT2D eigenvalue weighted by Crippen LogP contribution is 2.23.